The summed E-state index contributed by atoms with van der Waals surface area (Å²) in [6.45, 7) is 18.8. The summed E-state index contributed by atoms with van der Waals surface area (Å²) < 4.78 is 5.10. The van der Waals surface area contributed by atoms with E-state index in [0.717, 1.165) is 0 Å². The average Bonchev–Trinajstić information content (AvgIpc) is 1.43. The molecule has 0 aliphatic rings. The fourth-order valence-corrected chi connectivity index (χ4v) is 12.4. The van der Waals surface area contributed by atoms with Crippen LogP contribution in [-0.2, 0) is 0 Å². The van der Waals surface area contributed by atoms with E-state index in [0.29, 0.717) is 5.41 Å². The molecule has 0 aromatic rings. The third-order valence-corrected chi connectivity index (χ3v) is 8.63. The second-order valence-corrected chi connectivity index (χ2v) is 16.0. The van der Waals surface area contributed by atoms with Gasteiger partial charge < -0.3 is 4.65 Å². The number of nitrogens with zero attached hydrogens (tertiary/aromatic N) is 1. The molecule has 0 fully saturated rings. The standard InChI is InChI=1S/C10H26NSi2.K/c1-10(2,3)9-13(7,8)11-12(4,5)6;/h9H2,1-8H3;/q-1;+1. The van der Waals surface area contributed by atoms with Gasteiger partial charge in [0, 0.05) is 0 Å². The van der Waals surface area contributed by atoms with Crippen LogP contribution in [0.4, 0.5) is 0 Å². The molecule has 0 rings (SSSR count). The molecule has 0 N–H and O–H groups in total. The van der Waals surface area contributed by atoms with E-state index in [1.54, 1.807) is 0 Å². The molecule has 0 heterocycles. The van der Waals surface area contributed by atoms with Gasteiger partial charge in [-0.2, -0.15) is 0 Å². The number of rotatable bonds is 3. The molecule has 0 bridgehead atoms. The Balaban J connectivity index is 0. The first-order chi connectivity index (χ1) is 5.41. The first kappa shape index (κ1) is 18.4. The zero-order chi connectivity index (χ0) is 10.9. The van der Waals surface area contributed by atoms with E-state index in [2.05, 4.69) is 53.5 Å². The second kappa shape index (κ2) is 6.10. The molecule has 0 aromatic heterocycles. The van der Waals surface area contributed by atoms with Gasteiger partial charge in [0.2, 0.25) is 0 Å². The predicted molar refractivity (Wildman–Crippen MR) is 68.4 cm³/mol. The minimum atomic E-state index is -1.29. The Kier molecular flexibility index (Phi) is 8.01. The topological polar surface area (TPSA) is 14.1 Å². The van der Waals surface area contributed by atoms with Gasteiger partial charge >= 0.3 is 51.4 Å². The van der Waals surface area contributed by atoms with E-state index in [1.807, 2.05) is 0 Å². The normalized spacial score (nSPS) is 13.7. The van der Waals surface area contributed by atoms with Crippen molar-refractivity contribution in [3.8, 4) is 0 Å². The minimum absolute atomic E-state index is 0. The largest absolute Gasteiger partial charge is 1.00 e. The summed E-state index contributed by atoms with van der Waals surface area (Å²) in [6.07, 6.45) is 0. The molecule has 0 aliphatic carbocycles. The third kappa shape index (κ3) is 12.1. The van der Waals surface area contributed by atoms with E-state index in [9.17, 15) is 0 Å². The smallest absolute Gasteiger partial charge is 0.667 e. The molecule has 4 heteroatoms. The molecule has 0 unspecified atom stereocenters. The fourth-order valence-electron chi connectivity index (χ4n) is 2.25. The number of hydrogen-bond acceptors (Lipinski definition) is 0. The van der Waals surface area contributed by atoms with Crippen LogP contribution >= 0.6 is 0 Å². The van der Waals surface area contributed by atoms with Crippen LogP contribution < -0.4 is 51.4 Å². The van der Waals surface area contributed by atoms with E-state index in [1.165, 1.54) is 6.04 Å². The minimum Gasteiger partial charge on any atom is -0.667 e. The summed E-state index contributed by atoms with van der Waals surface area (Å²) in [5.41, 5.74) is 0.443. The maximum absolute atomic E-state index is 5.10. The monoisotopic (exact) mass is 255 g/mol. The van der Waals surface area contributed by atoms with Gasteiger partial charge in [0.15, 0.2) is 0 Å². The van der Waals surface area contributed by atoms with Crippen LogP contribution in [0.3, 0.4) is 0 Å². The van der Waals surface area contributed by atoms with Gasteiger partial charge in [0.25, 0.3) is 0 Å². The summed E-state index contributed by atoms with van der Waals surface area (Å²) in [4.78, 5) is 0. The Labute approximate surface area is 135 Å². The molecule has 14 heavy (non-hydrogen) atoms. The molecule has 1 nitrogen and oxygen atoms in total. The van der Waals surface area contributed by atoms with Gasteiger partial charge in [0.05, 0.1) is 0 Å². The summed E-state index contributed by atoms with van der Waals surface area (Å²) in [5.74, 6) is 0. The molecule has 0 saturated heterocycles. The quantitative estimate of drug-likeness (QED) is 0.678. The Bertz CT molecular complexity index is 150. The summed E-state index contributed by atoms with van der Waals surface area (Å²) in [6, 6.07) is 1.31. The van der Waals surface area contributed by atoms with Gasteiger partial charge in [-0.1, -0.05) is 76.0 Å². The fraction of sp³-hybridized carbons (Fsp3) is 1.00. The van der Waals surface area contributed by atoms with Crippen LogP contribution in [0, 0.1) is 5.41 Å². The molecule has 0 atom stereocenters. The zero-order valence-corrected chi connectivity index (χ0v) is 16.8. The van der Waals surface area contributed by atoms with E-state index in [-0.39, 0.29) is 51.4 Å². The third-order valence-electron chi connectivity index (χ3n) is 1.60. The SMILES string of the molecule is CC(C)(C)C[Si](C)(C)[N-][Si](C)(C)C.[K+]. The molecule has 0 aliphatic heterocycles. The predicted octanol–water partition coefficient (Wildman–Crippen LogP) is 1.45. The molecule has 0 amide bonds. The zero-order valence-electron chi connectivity index (χ0n) is 11.7. The van der Waals surface area contributed by atoms with E-state index >= 15 is 0 Å². The van der Waals surface area contributed by atoms with Crippen molar-refractivity contribution < 1.29 is 51.4 Å². The van der Waals surface area contributed by atoms with Crippen LogP contribution in [0.25, 0.3) is 4.65 Å². The Hall–Kier alpha value is 2.03. The van der Waals surface area contributed by atoms with Crippen molar-refractivity contribution >= 4 is 16.5 Å². The van der Waals surface area contributed by atoms with Crippen molar-refractivity contribution in [2.75, 3.05) is 0 Å². The van der Waals surface area contributed by atoms with Crippen molar-refractivity contribution in [1.82, 2.24) is 0 Å². The van der Waals surface area contributed by atoms with Crippen LogP contribution in [0.1, 0.15) is 20.8 Å². The van der Waals surface area contributed by atoms with Gasteiger partial charge in [-0.05, 0) is 5.41 Å². The van der Waals surface area contributed by atoms with E-state index in [4.69, 9.17) is 4.65 Å². The Morgan fingerprint density at radius 3 is 1.50 bits per heavy atom. The van der Waals surface area contributed by atoms with Crippen LogP contribution in [-0.4, -0.2) is 16.5 Å². The van der Waals surface area contributed by atoms with Gasteiger partial charge in [-0.15, -0.1) is 0 Å². The molecule has 0 spiro atoms. The molecule has 0 saturated carbocycles. The van der Waals surface area contributed by atoms with Crippen molar-refractivity contribution in [3.63, 3.8) is 0 Å². The molecule has 80 valence electrons. The van der Waals surface area contributed by atoms with Gasteiger partial charge in [-0.3, -0.25) is 0 Å². The van der Waals surface area contributed by atoms with Crippen LogP contribution in [0.5, 0.6) is 0 Å². The van der Waals surface area contributed by atoms with Gasteiger partial charge in [-0.25, -0.2) is 0 Å². The Morgan fingerprint density at radius 1 is 0.929 bits per heavy atom. The van der Waals surface area contributed by atoms with Crippen LogP contribution in [0.2, 0.25) is 38.8 Å². The summed E-state index contributed by atoms with van der Waals surface area (Å²) in [5, 5.41) is 0. The van der Waals surface area contributed by atoms with E-state index < -0.39 is 16.5 Å². The first-order valence-corrected chi connectivity index (χ1v) is 11.8. The van der Waals surface area contributed by atoms with Crippen molar-refractivity contribution in [1.29, 1.82) is 0 Å². The molecular weight excluding hydrogens is 229 g/mol. The first-order valence-electron chi connectivity index (χ1n) is 5.15. The second-order valence-electron chi connectivity index (χ2n) is 6.83. The van der Waals surface area contributed by atoms with Gasteiger partial charge in [0.1, 0.15) is 0 Å². The average molecular weight is 256 g/mol. The van der Waals surface area contributed by atoms with Crippen molar-refractivity contribution in [2.45, 2.75) is 59.6 Å². The number of hydrogen-bond donors (Lipinski definition) is 0. The van der Waals surface area contributed by atoms with Crippen molar-refractivity contribution in [3.05, 3.63) is 4.65 Å². The summed E-state index contributed by atoms with van der Waals surface area (Å²) in [7, 11) is -2.49. The van der Waals surface area contributed by atoms with Crippen LogP contribution in [0.15, 0.2) is 0 Å². The Morgan fingerprint density at radius 2 is 1.29 bits per heavy atom. The molecule has 0 aromatic carbocycles. The summed E-state index contributed by atoms with van der Waals surface area (Å²) >= 11 is 0. The molecular formula is C10H26KNSi2. The maximum Gasteiger partial charge on any atom is 1.00 e. The molecule has 0 radical (unpaired) electrons. The van der Waals surface area contributed by atoms with Crippen molar-refractivity contribution in [2.24, 2.45) is 5.41 Å². The maximum atomic E-state index is 5.10.